The summed E-state index contributed by atoms with van der Waals surface area (Å²) in [5.74, 6) is 0.134. The first-order chi connectivity index (χ1) is 7.64. The second-order valence-electron chi connectivity index (χ2n) is 4.45. The molecular formula is C13H16O3. The minimum Gasteiger partial charge on any atom is -0.385 e. The highest BCUT2D eigenvalue weighted by Gasteiger charge is 2.36. The molecule has 1 aromatic carbocycles. The summed E-state index contributed by atoms with van der Waals surface area (Å²) in [6, 6.07) is 7.07. The van der Waals surface area contributed by atoms with Crippen LogP contribution in [0.4, 0.5) is 0 Å². The summed E-state index contributed by atoms with van der Waals surface area (Å²) in [7, 11) is 0. The summed E-state index contributed by atoms with van der Waals surface area (Å²) in [5.41, 5.74) is 0.591. The Balaban J connectivity index is 2.23. The molecule has 0 aromatic heterocycles. The summed E-state index contributed by atoms with van der Waals surface area (Å²) >= 11 is 0. The first-order valence-corrected chi connectivity index (χ1v) is 5.50. The zero-order chi connectivity index (χ0) is 11.6. The molecule has 0 aliphatic carbocycles. The highest BCUT2D eigenvalue weighted by Crippen LogP contribution is 2.34. The minimum absolute atomic E-state index is 0.134. The van der Waals surface area contributed by atoms with Crippen molar-refractivity contribution in [3.63, 3.8) is 0 Å². The third-order valence-corrected chi connectivity index (χ3v) is 3.36. The monoisotopic (exact) mass is 220 g/mol. The summed E-state index contributed by atoms with van der Waals surface area (Å²) in [5, 5.41) is 10.5. The molecule has 86 valence electrons. The minimum atomic E-state index is -0.877. The van der Waals surface area contributed by atoms with E-state index in [9.17, 15) is 9.90 Å². The normalized spacial score (nSPS) is 24.0. The van der Waals surface area contributed by atoms with E-state index in [1.165, 1.54) is 0 Å². The van der Waals surface area contributed by atoms with Gasteiger partial charge >= 0.3 is 0 Å². The van der Waals surface area contributed by atoms with Crippen molar-refractivity contribution >= 4 is 6.29 Å². The van der Waals surface area contributed by atoms with Crippen molar-refractivity contribution in [1.29, 1.82) is 0 Å². The molecule has 1 aliphatic rings. The Morgan fingerprint density at radius 3 is 2.62 bits per heavy atom. The Hall–Kier alpha value is -1.19. The number of rotatable bonds is 3. The maximum Gasteiger partial charge on any atom is 0.150 e. The molecule has 1 saturated heterocycles. The van der Waals surface area contributed by atoms with E-state index >= 15 is 0 Å². The maximum atomic E-state index is 10.5. The van der Waals surface area contributed by atoms with Gasteiger partial charge in [0.15, 0.2) is 0 Å². The lowest BCUT2D eigenvalue weighted by Gasteiger charge is -2.29. The number of hydrogen-bond donors (Lipinski definition) is 1. The highest BCUT2D eigenvalue weighted by atomic mass is 16.5. The van der Waals surface area contributed by atoms with Crippen LogP contribution in [-0.4, -0.2) is 24.6 Å². The van der Waals surface area contributed by atoms with Crippen molar-refractivity contribution in [3.05, 3.63) is 35.4 Å². The van der Waals surface area contributed by atoms with E-state index in [4.69, 9.17) is 4.74 Å². The number of carbonyl (C=O) groups is 1. The van der Waals surface area contributed by atoms with Gasteiger partial charge in [-0.05, 0) is 18.9 Å². The summed E-state index contributed by atoms with van der Waals surface area (Å²) in [6.45, 7) is 3.12. The number of benzene rings is 1. The fourth-order valence-electron chi connectivity index (χ4n) is 2.11. The van der Waals surface area contributed by atoms with Crippen molar-refractivity contribution in [2.45, 2.75) is 18.9 Å². The van der Waals surface area contributed by atoms with Crippen LogP contribution < -0.4 is 0 Å². The number of aliphatic hydroxyl groups is 1. The standard InChI is InChI=1S/C13H16O3/c1-13(15,12-6-7-16-9-12)11-4-2-10(8-14)3-5-11/h2-5,8,12,15H,6-7,9H2,1H3. The van der Waals surface area contributed by atoms with Gasteiger partial charge in [0.1, 0.15) is 6.29 Å². The smallest absolute Gasteiger partial charge is 0.150 e. The van der Waals surface area contributed by atoms with Crippen molar-refractivity contribution in [1.82, 2.24) is 0 Å². The molecular weight excluding hydrogens is 204 g/mol. The first-order valence-electron chi connectivity index (χ1n) is 5.50. The van der Waals surface area contributed by atoms with Gasteiger partial charge in [0.05, 0.1) is 12.2 Å². The van der Waals surface area contributed by atoms with Crippen LogP contribution in [0.5, 0.6) is 0 Å². The Morgan fingerprint density at radius 2 is 2.12 bits per heavy atom. The summed E-state index contributed by atoms with van der Waals surface area (Å²) in [6.07, 6.45) is 1.68. The molecule has 0 bridgehead atoms. The highest BCUT2D eigenvalue weighted by molar-refractivity contribution is 5.74. The van der Waals surface area contributed by atoms with E-state index in [0.29, 0.717) is 18.8 Å². The Morgan fingerprint density at radius 1 is 1.44 bits per heavy atom. The van der Waals surface area contributed by atoms with E-state index in [1.54, 1.807) is 12.1 Å². The van der Waals surface area contributed by atoms with Crippen LogP contribution in [0.25, 0.3) is 0 Å². The van der Waals surface area contributed by atoms with Crippen LogP contribution in [0.3, 0.4) is 0 Å². The molecule has 16 heavy (non-hydrogen) atoms. The molecule has 2 unspecified atom stereocenters. The molecule has 1 N–H and O–H groups in total. The van der Waals surface area contributed by atoms with Crippen molar-refractivity contribution in [3.8, 4) is 0 Å². The maximum absolute atomic E-state index is 10.5. The number of carbonyl (C=O) groups excluding carboxylic acids is 1. The van der Waals surface area contributed by atoms with Crippen molar-refractivity contribution in [2.75, 3.05) is 13.2 Å². The lowest BCUT2D eigenvalue weighted by atomic mass is 9.82. The second-order valence-corrected chi connectivity index (χ2v) is 4.45. The molecule has 3 heteroatoms. The zero-order valence-corrected chi connectivity index (χ0v) is 9.35. The fourth-order valence-corrected chi connectivity index (χ4v) is 2.11. The number of ether oxygens (including phenoxy) is 1. The number of hydrogen-bond acceptors (Lipinski definition) is 3. The topological polar surface area (TPSA) is 46.5 Å². The molecule has 3 nitrogen and oxygen atoms in total. The lowest BCUT2D eigenvalue weighted by molar-refractivity contribution is -0.00972. The van der Waals surface area contributed by atoms with Gasteiger partial charge < -0.3 is 9.84 Å². The first kappa shape index (κ1) is 11.3. The van der Waals surface area contributed by atoms with Gasteiger partial charge in [-0.2, -0.15) is 0 Å². The SMILES string of the molecule is CC(O)(c1ccc(C=O)cc1)C1CCOC1. The number of aldehydes is 1. The molecule has 0 amide bonds. The van der Waals surface area contributed by atoms with E-state index in [1.807, 2.05) is 19.1 Å². The van der Waals surface area contributed by atoms with Gasteiger partial charge in [-0.3, -0.25) is 4.79 Å². The third-order valence-electron chi connectivity index (χ3n) is 3.36. The van der Waals surface area contributed by atoms with Crippen molar-refractivity contribution < 1.29 is 14.6 Å². The van der Waals surface area contributed by atoms with Gasteiger partial charge in [-0.1, -0.05) is 24.3 Å². The molecule has 2 rings (SSSR count). The van der Waals surface area contributed by atoms with Crippen molar-refractivity contribution in [2.24, 2.45) is 5.92 Å². The van der Waals surface area contributed by atoms with Crippen LogP contribution in [-0.2, 0) is 10.3 Å². The Kier molecular flexibility index (Phi) is 3.08. The van der Waals surface area contributed by atoms with Gasteiger partial charge in [-0.25, -0.2) is 0 Å². The third kappa shape index (κ3) is 2.01. The Bertz CT molecular complexity index is 361. The quantitative estimate of drug-likeness (QED) is 0.789. The average molecular weight is 220 g/mol. The Labute approximate surface area is 95.0 Å². The fraction of sp³-hybridized carbons (Fsp3) is 0.462. The van der Waals surface area contributed by atoms with E-state index in [-0.39, 0.29) is 5.92 Å². The van der Waals surface area contributed by atoms with Gasteiger partial charge in [0, 0.05) is 18.1 Å². The molecule has 1 heterocycles. The predicted molar refractivity (Wildman–Crippen MR) is 60.3 cm³/mol. The molecule has 1 aliphatic heterocycles. The predicted octanol–water partition coefficient (Wildman–Crippen LogP) is 1.74. The molecule has 1 aromatic rings. The summed E-state index contributed by atoms with van der Waals surface area (Å²) in [4.78, 5) is 10.5. The van der Waals surface area contributed by atoms with Gasteiger partial charge in [-0.15, -0.1) is 0 Å². The van der Waals surface area contributed by atoms with Crippen LogP contribution in [0.15, 0.2) is 24.3 Å². The lowest BCUT2D eigenvalue weighted by Crippen LogP contribution is -2.32. The molecule has 1 fully saturated rings. The van der Waals surface area contributed by atoms with Crippen LogP contribution >= 0.6 is 0 Å². The average Bonchev–Trinajstić information content (AvgIpc) is 2.83. The molecule has 0 spiro atoms. The van der Waals surface area contributed by atoms with E-state index in [0.717, 1.165) is 18.3 Å². The largest absolute Gasteiger partial charge is 0.385 e. The molecule has 2 atom stereocenters. The van der Waals surface area contributed by atoms with E-state index < -0.39 is 5.60 Å². The van der Waals surface area contributed by atoms with Crippen LogP contribution in [0, 0.1) is 5.92 Å². The zero-order valence-electron chi connectivity index (χ0n) is 9.35. The van der Waals surface area contributed by atoms with Crippen LogP contribution in [0.1, 0.15) is 29.3 Å². The van der Waals surface area contributed by atoms with E-state index in [2.05, 4.69) is 0 Å². The van der Waals surface area contributed by atoms with Crippen LogP contribution in [0.2, 0.25) is 0 Å². The summed E-state index contributed by atoms with van der Waals surface area (Å²) < 4.78 is 5.29. The molecule has 0 saturated carbocycles. The second kappa shape index (κ2) is 4.36. The molecule has 0 radical (unpaired) electrons. The van der Waals surface area contributed by atoms with Gasteiger partial charge in [0.25, 0.3) is 0 Å². The van der Waals surface area contributed by atoms with Gasteiger partial charge in [0.2, 0.25) is 0 Å².